The first-order chi connectivity index (χ1) is 18.3. The zero-order valence-corrected chi connectivity index (χ0v) is 21.6. The Morgan fingerprint density at radius 1 is 1.11 bits per heavy atom. The van der Waals surface area contributed by atoms with E-state index in [0.29, 0.717) is 18.8 Å². The van der Waals surface area contributed by atoms with E-state index in [1.54, 1.807) is 6.92 Å². The van der Waals surface area contributed by atoms with Crippen molar-refractivity contribution >= 4 is 17.3 Å². The van der Waals surface area contributed by atoms with Gasteiger partial charge in [-0.05, 0) is 35.5 Å². The largest absolute Gasteiger partial charge is 0.381 e. The fraction of sp³-hybridized carbons (Fsp3) is 0.400. The number of aromatic nitrogens is 7. The van der Waals surface area contributed by atoms with Crippen molar-refractivity contribution in [2.75, 3.05) is 37.6 Å². The van der Waals surface area contributed by atoms with Gasteiger partial charge in [0, 0.05) is 50.8 Å². The molecular weight excluding hydrogens is 516 g/mol. The lowest BCUT2D eigenvalue weighted by atomic mass is 9.86. The molecule has 1 N–H and O–H groups in total. The molecule has 200 valence electrons. The number of benzene rings is 2. The maximum Gasteiger partial charge on any atom is 0.153 e. The number of halogens is 3. The summed E-state index contributed by atoms with van der Waals surface area (Å²) >= 11 is 6.36. The van der Waals surface area contributed by atoms with Crippen molar-refractivity contribution < 1.29 is 13.9 Å². The molecule has 4 aromatic rings. The third kappa shape index (κ3) is 5.38. The molecule has 1 saturated heterocycles. The van der Waals surface area contributed by atoms with Crippen LogP contribution in [0.3, 0.4) is 0 Å². The van der Waals surface area contributed by atoms with Crippen LogP contribution in [-0.2, 0) is 18.6 Å². The molecule has 0 saturated carbocycles. The van der Waals surface area contributed by atoms with Crippen LogP contribution >= 0.6 is 11.6 Å². The summed E-state index contributed by atoms with van der Waals surface area (Å²) in [6, 6.07) is 10.1. The summed E-state index contributed by atoms with van der Waals surface area (Å²) in [5, 5.41) is 28.8. The molecule has 1 aliphatic heterocycles. The Labute approximate surface area is 223 Å². The Kier molecular flexibility index (Phi) is 7.63. The zero-order valence-electron chi connectivity index (χ0n) is 20.8. The number of hydrogen-bond donors (Lipinski definition) is 1. The molecule has 0 aliphatic carbocycles. The van der Waals surface area contributed by atoms with Crippen LogP contribution in [0.4, 0.5) is 14.5 Å². The summed E-state index contributed by atoms with van der Waals surface area (Å²) in [4.78, 5) is 8.50. The van der Waals surface area contributed by atoms with Crippen molar-refractivity contribution in [3.63, 3.8) is 0 Å². The predicted octanol–water partition coefficient (Wildman–Crippen LogP) is 2.71. The van der Waals surface area contributed by atoms with E-state index in [-0.39, 0.29) is 12.1 Å². The van der Waals surface area contributed by atoms with Crippen LogP contribution in [0.15, 0.2) is 55.1 Å². The molecule has 5 rings (SSSR count). The Morgan fingerprint density at radius 3 is 2.61 bits per heavy atom. The highest BCUT2D eigenvalue weighted by Crippen LogP contribution is 2.36. The van der Waals surface area contributed by atoms with Crippen LogP contribution < -0.4 is 4.90 Å². The minimum atomic E-state index is -1.85. The quantitative estimate of drug-likeness (QED) is 0.344. The Morgan fingerprint density at radius 2 is 1.89 bits per heavy atom. The summed E-state index contributed by atoms with van der Waals surface area (Å²) in [6.07, 6.45) is 3.26. The molecule has 2 aromatic carbocycles. The number of tetrazole rings is 1. The van der Waals surface area contributed by atoms with E-state index in [2.05, 4.69) is 35.4 Å². The van der Waals surface area contributed by atoms with Crippen molar-refractivity contribution in [2.24, 2.45) is 0 Å². The lowest BCUT2D eigenvalue weighted by molar-refractivity contribution is -0.0384. The topological polar surface area (TPSA) is 101 Å². The molecule has 0 spiro atoms. The van der Waals surface area contributed by atoms with Gasteiger partial charge in [0.1, 0.15) is 29.9 Å². The highest BCUT2D eigenvalue weighted by atomic mass is 35.5. The van der Waals surface area contributed by atoms with Gasteiger partial charge in [0.25, 0.3) is 0 Å². The van der Waals surface area contributed by atoms with Crippen LogP contribution in [0.5, 0.6) is 0 Å². The molecule has 3 heterocycles. The number of rotatable bonds is 9. The molecule has 0 amide bonds. The molecule has 38 heavy (non-hydrogen) atoms. The Hall–Kier alpha value is -3.48. The second kappa shape index (κ2) is 11.1. The molecule has 0 radical (unpaired) electrons. The number of hydrogen-bond acceptors (Lipinski definition) is 8. The van der Waals surface area contributed by atoms with E-state index < -0.39 is 23.3 Å². The van der Waals surface area contributed by atoms with Gasteiger partial charge in [-0.1, -0.05) is 29.8 Å². The van der Waals surface area contributed by atoms with Gasteiger partial charge in [0.15, 0.2) is 5.82 Å². The maximum absolute atomic E-state index is 14.9. The second-order valence-electron chi connectivity index (χ2n) is 9.39. The predicted molar refractivity (Wildman–Crippen MR) is 137 cm³/mol. The molecule has 2 aromatic heterocycles. The van der Waals surface area contributed by atoms with Crippen molar-refractivity contribution in [1.29, 1.82) is 0 Å². The SMILES string of the molecule is C[C@H](n1nnnc1CCN1CCN(c2ccccc2Cl)CC1)[C@](O)(Cn1cncn1)c1ccc(F)cc1F. The van der Waals surface area contributed by atoms with Gasteiger partial charge in [-0.3, -0.25) is 4.90 Å². The zero-order chi connectivity index (χ0) is 26.7. The number of piperazine rings is 1. The minimum Gasteiger partial charge on any atom is -0.381 e. The van der Waals surface area contributed by atoms with Gasteiger partial charge in [-0.2, -0.15) is 5.10 Å². The van der Waals surface area contributed by atoms with Gasteiger partial charge in [-0.15, -0.1) is 5.10 Å². The standard InChI is InChI=1S/C25H28ClF2N9O/c1-18(25(38,15-36-17-29-16-30-36)20-7-6-19(27)14-22(20)28)37-24(31-32-33-37)8-9-34-10-12-35(13-11-34)23-5-3-2-4-21(23)26/h2-7,14,16-18,38H,8-13,15H2,1H3/t18-,25+/m0/s1. The summed E-state index contributed by atoms with van der Waals surface area (Å²) in [7, 11) is 0. The highest BCUT2D eigenvalue weighted by molar-refractivity contribution is 6.33. The molecular formula is C25H28ClF2N9O. The van der Waals surface area contributed by atoms with E-state index in [4.69, 9.17) is 11.6 Å². The highest BCUT2D eigenvalue weighted by Gasteiger charge is 2.42. The first-order valence-electron chi connectivity index (χ1n) is 12.3. The summed E-state index contributed by atoms with van der Waals surface area (Å²) in [6.45, 7) is 5.63. The van der Waals surface area contributed by atoms with E-state index in [1.807, 2.05) is 24.3 Å². The summed E-state index contributed by atoms with van der Waals surface area (Å²) in [5.41, 5.74) is -0.902. The van der Waals surface area contributed by atoms with Crippen LogP contribution in [-0.4, -0.2) is 77.7 Å². The lowest BCUT2D eigenvalue weighted by Gasteiger charge is -2.37. The van der Waals surface area contributed by atoms with Gasteiger partial charge in [0.05, 0.1) is 23.3 Å². The van der Waals surface area contributed by atoms with Gasteiger partial charge < -0.3 is 10.0 Å². The minimum absolute atomic E-state index is 0.0842. The van der Waals surface area contributed by atoms with Crippen molar-refractivity contribution in [1.82, 2.24) is 39.9 Å². The molecule has 2 atom stereocenters. The second-order valence-corrected chi connectivity index (χ2v) is 9.79. The van der Waals surface area contributed by atoms with E-state index in [9.17, 15) is 13.9 Å². The van der Waals surface area contributed by atoms with Crippen LogP contribution in [0.25, 0.3) is 0 Å². The van der Waals surface area contributed by atoms with Gasteiger partial charge in [0.2, 0.25) is 0 Å². The van der Waals surface area contributed by atoms with Crippen LogP contribution in [0.2, 0.25) is 5.02 Å². The normalized spacial score (nSPS) is 16.9. The molecule has 1 fully saturated rings. The van der Waals surface area contributed by atoms with Gasteiger partial charge in [-0.25, -0.2) is 23.1 Å². The Bertz CT molecular complexity index is 1360. The Balaban J connectivity index is 1.30. The molecule has 13 heteroatoms. The average molecular weight is 544 g/mol. The monoisotopic (exact) mass is 543 g/mol. The first-order valence-corrected chi connectivity index (χ1v) is 12.7. The molecule has 10 nitrogen and oxygen atoms in total. The molecule has 1 aliphatic rings. The fourth-order valence-electron chi connectivity index (χ4n) is 4.90. The fourth-order valence-corrected chi connectivity index (χ4v) is 5.16. The van der Waals surface area contributed by atoms with E-state index in [1.165, 1.54) is 28.1 Å². The van der Waals surface area contributed by atoms with Crippen molar-refractivity contribution in [3.05, 3.63) is 83.2 Å². The molecule has 0 bridgehead atoms. The first kappa shape index (κ1) is 26.1. The summed E-state index contributed by atoms with van der Waals surface area (Å²) < 4.78 is 31.5. The third-order valence-electron chi connectivity index (χ3n) is 7.10. The third-order valence-corrected chi connectivity index (χ3v) is 7.42. The number of nitrogens with zero attached hydrogens (tertiary/aromatic N) is 9. The van der Waals surface area contributed by atoms with Crippen LogP contribution in [0.1, 0.15) is 24.4 Å². The molecule has 0 unspecified atom stereocenters. The van der Waals surface area contributed by atoms with E-state index >= 15 is 0 Å². The number of anilines is 1. The van der Waals surface area contributed by atoms with E-state index in [0.717, 1.165) is 49.0 Å². The van der Waals surface area contributed by atoms with Gasteiger partial charge >= 0.3 is 0 Å². The maximum atomic E-state index is 14.9. The number of aliphatic hydroxyl groups is 1. The van der Waals surface area contributed by atoms with Crippen LogP contribution in [0, 0.1) is 11.6 Å². The smallest absolute Gasteiger partial charge is 0.153 e. The lowest BCUT2D eigenvalue weighted by Crippen LogP contribution is -2.47. The summed E-state index contributed by atoms with van der Waals surface area (Å²) in [5.74, 6) is -1.06. The van der Waals surface area contributed by atoms with Crippen molar-refractivity contribution in [3.8, 4) is 0 Å². The van der Waals surface area contributed by atoms with Crippen molar-refractivity contribution in [2.45, 2.75) is 31.5 Å². The average Bonchev–Trinajstić information content (AvgIpc) is 3.60. The number of para-hydroxylation sites is 1.